The van der Waals surface area contributed by atoms with E-state index in [9.17, 15) is 14.1 Å². The molecule has 0 saturated carbocycles. The molecule has 5 nitrogen and oxygen atoms in total. The van der Waals surface area contributed by atoms with Gasteiger partial charge in [0.2, 0.25) is 0 Å². The van der Waals surface area contributed by atoms with Crippen molar-refractivity contribution in [2.75, 3.05) is 12.0 Å². The van der Waals surface area contributed by atoms with E-state index >= 15 is 0 Å². The van der Waals surface area contributed by atoms with Crippen LogP contribution in [-0.2, 0) is 17.2 Å². The standard InChI is InChI=1S/C14H18N2O3S/c1-4-12-15-13-10(14(17)18)6-5-7-11(13)16(12)9(2)8-20(3)19/h5-7,9H,4,8H2,1-3H3,(H,17,18). The maximum atomic E-state index is 11.4. The summed E-state index contributed by atoms with van der Waals surface area (Å²) in [5.74, 6) is 0.372. The van der Waals surface area contributed by atoms with Gasteiger partial charge in [0.25, 0.3) is 0 Å². The van der Waals surface area contributed by atoms with E-state index in [1.165, 1.54) is 0 Å². The highest BCUT2D eigenvalue weighted by Crippen LogP contribution is 2.25. The lowest BCUT2D eigenvalue weighted by molar-refractivity contribution is 0.0699. The topological polar surface area (TPSA) is 72.2 Å². The Balaban J connectivity index is 2.67. The molecule has 0 amide bonds. The number of aryl methyl sites for hydroxylation is 1. The number of carbonyl (C=O) groups is 1. The second-order valence-electron chi connectivity index (χ2n) is 4.82. The molecule has 20 heavy (non-hydrogen) atoms. The molecule has 1 heterocycles. The van der Waals surface area contributed by atoms with Gasteiger partial charge >= 0.3 is 5.97 Å². The third kappa shape index (κ3) is 2.60. The quantitative estimate of drug-likeness (QED) is 0.918. The van der Waals surface area contributed by atoms with Crippen LogP contribution >= 0.6 is 0 Å². The predicted octanol–water partition coefficient (Wildman–Crippen LogP) is 2.24. The van der Waals surface area contributed by atoms with Crippen molar-refractivity contribution >= 4 is 27.8 Å². The van der Waals surface area contributed by atoms with Crippen molar-refractivity contribution in [3.8, 4) is 0 Å². The van der Waals surface area contributed by atoms with E-state index in [0.29, 0.717) is 17.7 Å². The van der Waals surface area contributed by atoms with Crippen molar-refractivity contribution in [1.29, 1.82) is 0 Å². The van der Waals surface area contributed by atoms with Gasteiger partial charge in [0.1, 0.15) is 11.3 Å². The number of para-hydroxylation sites is 1. The van der Waals surface area contributed by atoms with E-state index in [1.807, 2.05) is 24.5 Å². The highest BCUT2D eigenvalue weighted by atomic mass is 32.2. The van der Waals surface area contributed by atoms with Crippen molar-refractivity contribution in [1.82, 2.24) is 9.55 Å². The van der Waals surface area contributed by atoms with Crippen molar-refractivity contribution in [2.24, 2.45) is 0 Å². The average Bonchev–Trinajstić information content (AvgIpc) is 2.75. The molecule has 0 spiro atoms. The van der Waals surface area contributed by atoms with E-state index < -0.39 is 16.8 Å². The van der Waals surface area contributed by atoms with E-state index in [-0.39, 0.29) is 11.6 Å². The van der Waals surface area contributed by atoms with Crippen molar-refractivity contribution in [2.45, 2.75) is 26.3 Å². The number of benzene rings is 1. The highest BCUT2D eigenvalue weighted by molar-refractivity contribution is 7.84. The Kier molecular flexibility index (Phi) is 4.23. The minimum Gasteiger partial charge on any atom is -0.478 e. The molecule has 1 N–H and O–H groups in total. The Bertz CT molecular complexity index is 678. The zero-order chi connectivity index (χ0) is 14.9. The third-order valence-electron chi connectivity index (χ3n) is 3.26. The summed E-state index contributed by atoms with van der Waals surface area (Å²) in [6.07, 6.45) is 2.37. The fraction of sp³-hybridized carbons (Fsp3) is 0.429. The van der Waals surface area contributed by atoms with Crippen LogP contribution in [0.1, 0.15) is 36.1 Å². The van der Waals surface area contributed by atoms with Gasteiger partial charge in [-0.25, -0.2) is 9.78 Å². The molecule has 0 radical (unpaired) electrons. The van der Waals surface area contributed by atoms with Crippen LogP contribution in [0, 0.1) is 0 Å². The number of imidazole rings is 1. The first-order chi connectivity index (χ1) is 9.45. The zero-order valence-electron chi connectivity index (χ0n) is 11.8. The number of hydrogen-bond acceptors (Lipinski definition) is 3. The van der Waals surface area contributed by atoms with Crippen LogP contribution in [0.5, 0.6) is 0 Å². The first kappa shape index (κ1) is 14.7. The summed E-state index contributed by atoms with van der Waals surface area (Å²) in [5.41, 5.74) is 1.51. The van der Waals surface area contributed by atoms with Gasteiger partial charge in [-0.05, 0) is 19.1 Å². The van der Waals surface area contributed by atoms with Crippen LogP contribution in [0.2, 0.25) is 0 Å². The summed E-state index contributed by atoms with van der Waals surface area (Å²) in [7, 11) is -0.913. The molecule has 2 atom stereocenters. The number of aromatic nitrogens is 2. The summed E-state index contributed by atoms with van der Waals surface area (Å²) < 4.78 is 13.4. The van der Waals surface area contributed by atoms with Crippen molar-refractivity contribution < 1.29 is 14.1 Å². The molecule has 0 bridgehead atoms. The average molecular weight is 294 g/mol. The molecular weight excluding hydrogens is 276 g/mol. The number of carboxylic acid groups (broad SMARTS) is 1. The summed E-state index contributed by atoms with van der Waals surface area (Å²) in [6.45, 7) is 3.96. The van der Waals surface area contributed by atoms with Crippen LogP contribution in [0.4, 0.5) is 0 Å². The van der Waals surface area contributed by atoms with Crippen LogP contribution in [0.3, 0.4) is 0 Å². The monoisotopic (exact) mass is 294 g/mol. The lowest BCUT2D eigenvalue weighted by Crippen LogP contribution is -2.15. The van der Waals surface area contributed by atoms with E-state index in [4.69, 9.17) is 0 Å². The van der Waals surface area contributed by atoms with Crippen LogP contribution in [-0.4, -0.2) is 36.8 Å². The molecule has 2 rings (SSSR count). The Morgan fingerprint density at radius 1 is 1.50 bits per heavy atom. The van der Waals surface area contributed by atoms with Crippen molar-refractivity contribution in [3.05, 3.63) is 29.6 Å². The maximum absolute atomic E-state index is 11.4. The van der Waals surface area contributed by atoms with Crippen molar-refractivity contribution in [3.63, 3.8) is 0 Å². The van der Waals surface area contributed by atoms with E-state index in [2.05, 4.69) is 4.98 Å². The first-order valence-corrected chi connectivity index (χ1v) is 8.21. The van der Waals surface area contributed by atoms with Crippen LogP contribution < -0.4 is 0 Å². The second kappa shape index (κ2) is 5.75. The van der Waals surface area contributed by atoms with Crippen LogP contribution in [0.25, 0.3) is 11.0 Å². The van der Waals surface area contributed by atoms with Gasteiger partial charge in [-0.3, -0.25) is 4.21 Å². The van der Waals surface area contributed by atoms with Gasteiger partial charge in [0.05, 0.1) is 11.1 Å². The summed E-state index contributed by atoms with van der Waals surface area (Å²) in [5, 5.41) is 9.24. The van der Waals surface area contributed by atoms with Gasteiger partial charge < -0.3 is 9.67 Å². The molecule has 0 saturated heterocycles. The van der Waals surface area contributed by atoms with Gasteiger partial charge in [0.15, 0.2) is 0 Å². The lowest BCUT2D eigenvalue weighted by atomic mass is 10.2. The third-order valence-corrected chi connectivity index (χ3v) is 4.21. The molecule has 2 unspecified atom stereocenters. The SMILES string of the molecule is CCc1nc2c(C(=O)O)cccc2n1C(C)CS(C)=O. The van der Waals surface area contributed by atoms with Gasteiger partial charge in [-0.15, -0.1) is 0 Å². The van der Waals surface area contributed by atoms with E-state index in [0.717, 1.165) is 11.3 Å². The molecule has 1 aromatic heterocycles. The molecule has 0 aliphatic heterocycles. The number of rotatable bonds is 5. The lowest BCUT2D eigenvalue weighted by Gasteiger charge is -2.16. The predicted molar refractivity (Wildman–Crippen MR) is 79.7 cm³/mol. The largest absolute Gasteiger partial charge is 0.478 e. The number of nitrogens with zero attached hydrogens (tertiary/aromatic N) is 2. The Morgan fingerprint density at radius 3 is 2.75 bits per heavy atom. The zero-order valence-corrected chi connectivity index (χ0v) is 12.6. The Hall–Kier alpha value is -1.69. The summed E-state index contributed by atoms with van der Waals surface area (Å²) in [6, 6.07) is 5.16. The normalized spacial score (nSPS) is 14.3. The molecule has 0 aliphatic rings. The highest BCUT2D eigenvalue weighted by Gasteiger charge is 2.19. The Labute approximate surface area is 120 Å². The molecule has 2 aromatic rings. The molecule has 1 aromatic carbocycles. The minimum atomic E-state index is -0.977. The Morgan fingerprint density at radius 2 is 2.20 bits per heavy atom. The molecule has 0 fully saturated rings. The second-order valence-corrected chi connectivity index (χ2v) is 6.30. The molecular formula is C14H18N2O3S. The number of aromatic carboxylic acids is 1. The summed E-state index contributed by atoms with van der Waals surface area (Å²) in [4.78, 5) is 15.7. The molecule has 108 valence electrons. The van der Waals surface area contributed by atoms with Gasteiger partial charge in [0, 0.05) is 35.3 Å². The smallest absolute Gasteiger partial charge is 0.337 e. The summed E-state index contributed by atoms with van der Waals surface area (Å²) >= 11 is 0. The van der Waals surface area contributed by atoms with Gasteiger partial charge in [-0.1, -0.05) is 13.0 Å². The fourth-order valence-electron chi connectivity index (χ4n) is 2.49. The maximum Gasteiger partial charge on any atom is 0.337 e. The number of hydrogen-bond donors (Lipinski definition) is 1. The van der Waals surface area contributed by atoms with Crippen LogP contribution in [0.15, 0.2) is 18.2 Å². The number of fused-ring (bicyclic) bond motifs is 1. The van der Waals surface area contributed by atoms with E-state index in [1.54, 1.807) is 18.4 Å². The fourth-order valence-corrected chi connectivity index (χ4v) is 3.32. The molecule has 0 aliphatic carbocycles. The molecule has 6 heteroatoms. The van der Waals surface area contributed by atoms with Gasteiger partial charge in [-0.2, -0.15) is 0 Å². The minimum absolute atomic E-state index is 0.0184. The first-order valence-electron chi connectivity index (χ1n) is 6.48. The number of carboxylic acids is 1.